The minimum atomic E-state index is -0.638. The van der Waals surface area contributed by atoms with E-state index in [1.54, 1.807) is 38.3 Å². The minimum Gasteiger partial charge on any atom is -0.497 e. The lowest BCUT2D eigenvalue weighted by Gasteiger charge is -2.11. The highest BCUT2D eigenvalue weighted by atomic mass is 16.5. The molecule has 5 heteroatoms. The highest BCUT2D eigenvalue weighted by Gasteiger charge is 2.15. The number of nitrogens with one attached hydrogen (secondary N) is 1. The Morgan fingerprint density at radius 3 is 2.33 bits per heavy atom. The molecule has 0 aliphatic carbocycles. The van der Waals surface area contributed by atoms with Gasteiger partial charge in [0.25, 0.3) is 0 Å². The van der Waals surface area contributed by atoms with Crippen LogP contribution >= 0.6 is 0 Å². The molecule has 1 atom stereocenters. The summed E-state index contributed by atoms with van der Waals surface area (Å²) in [4.78, 5) is 22.8. The molecule has 0 radical (unpaired) electrons. The van der Waals surface area contributed by atoms with E-state index < -0.39 is 12.0 Å². The van der Waals surface area contributed by atoms with Crippen LogP contribution in [0.25, 0.3) is 0 Å². The zero-order valence-corrected chi connectivity index (χ0v) is 10.7. The summed E-state index contributed by atoms with van der Waals surface area (Å²) in [5.41, 5.74) is 0.852. The van der Waals surface area contributed by atoms with Crippen LogP contribution in [0.2, 0.25) is 0 Å². The molecule has 0 spiro atoms. The van der Waals surface area contributed by atoms with E-state index in [0.717, 1.165) is 11.3 Å². The summed E-state index contributed by atoms with van der Waals surface area (Å²) >= 11 is 0. The number of hydrogen-bond donors (Lipinski definition) is 1. The summed E-state index contributed by atoms with van der Waals surface area (Å²) in [6.07, 6.45) is 0.214. The number of carbonyl (C=O) groups excluding carboxylic acids is 2. The number of rotatable bonds is 5. The van der Waals surface area contributed by atoms with Gasteiger partial charge in [0.2, 0.25) is 5.91 Å². The van der Waals surface area contributed by atoms with Crippen molar-refractivity contribution in [1.82, 2.24) is 5.32 Å². The first-order valence-electron chi connectivity index (χ1n) is 5.57. The molecule has 0 bridgehead atoms. The van der Waals surface area contributed by atoms with Crippen molar-refractivity contribution in [3.05, 3.63) is 29.8 Å². The van der Waals surface area contributed by atoms with Gasteiger partial charge >= 0.3 is 5.97 Å². The van der Waals surface area contributed by atoms with Gasteiger partial charge in [-0.05, 0) is 24.6 Å². The molecular formula is C13H17NO4. The van der Waals surface area contributed by atoms with Crippen LogP contribution in [0.15, 0.2) is 24.3 Å². The normalized spacial score (nSPS) is 11.5. The maximum atomic E-state index is 11.6. The predicted octanol–water partition coefficient (Wildman–Crippen LogP) is 0.915. The third-order valence-electron chi connectivity index (χ3n) is 2.46. The molecule has 1 aromatic rings. The zero-order chi connectivity index (χ0) is 13.5. The average Bonchev–Trinajstić information content (AvgIpc) is 2.38. The SMILES string of the molecule is COC(=O)C(C)NC(=O)Cc1ccc(OC)cc1. The van der Waals surface area contributed by atoms with Crippen LogP contribution in [0.4, 0.5) is 0 Å². The maximum absolute atomic E-state index is 11.6. The number of hydrogen-bond acceptors (Lipinski definition) is 4. The smallest absolute Gasteiger partial charge is 0.328 e. The monoisotopic (exact) mass is 251 g/mol. The maximum Gasteiger partial charge on any atom is 0.328 e. The van der Waals surface area contributed by atoms with E-state index in [0.29, 0.717) is 0 Å². The molecule has 0 fully saturated rings. The van der Waals surface area contributed by atoms with Crippen LogP contribution < -0.4 is 10.1 Å². The number of amides is 1. The van der Waals surface area contributed by atoms with E-state index in [9.17, 15) is 9.59 Å². The fourth-order valence-electron chi connectivity index (χ4n) is 1.46. The second-order valence-electron chi connectivity index (χ2n) is 3.84. The molecule has 1 rings (SSSR count). The number of methoxy groups -OCH3 is 2. The fourth-order valence-corrected chi connectivity index (χ4v) is 1.46. The van der Waals surface area contributed by atoms with Crippen molar-refractivity contribution in [2.75, 3.05) is 14.2 Å². The summed E-state index contributed by atoms with van der Waals surface area (Å²) < 4.78 is 9.55. The molecule has 5 nitrogen and oxygen atoms in total. The van der Waals surface area contributed by atoms with Crippen LogP contribution in [0.5, 0.6) is 5.75 Å². The lowest BCUT2D eigenvalue weighted by Crippen LogP contribution is -2.39. The van der Waals surface area contributed by atoms with E-state index in [4.69, 9.17) is 4.74 Å². The third-order valence-corrected chi connectivity index (χ3v) is 2.46. The summed E-state index contributed by atoms with van der Waals surface area (Å²) in [7, 11) is 2.87. The van der Waals surface area contributed by atoms with Gasteiger partial charge in [0.05, 0.1) is 20.6 Å². The number of carbonyl (C=O) groups is 2. The van der Waals surface area contributed by atoms with Gasteiger partial charge < -0.3 is 14.8 Å². The van der Waals surface area contributed by atoms with Gasteiger partial charge in [-0.1, -0.05) is 12.1 Å². The van der Waals surface area contributed by atoms with Crippen molar-refractivity contribution in [2.24, 2.45) is 0 Å². The summed E-state index contributed by atoms with van der Waals surface area (Å²) in [6.45, 7) is 1.58. The Hall–Kier alpha value is -2.04. The Morgan fingerprint density at radius 1 is 1.22 bits per heavy atom. The molecule has 0 heterocycles. The number of benzene rings is 1. The molecule has 1 amide bonds. The molecule has 0 aromatic heterocycles. The van der Waals surface area contributed by atoms with Crippen molar-refractivity contribution in [3.8, 4) is 5.75 Å². The summed E-state index contributed by atoms with van der Waals surface area (Å²) in [5.74, 6) is 0.0539. The van der Waals surface area contributed by atoms with Crippen LogP contribution in [-0.4, -0.2) is 32.1 Å². The van der Waals surface area contributed by atoms with Crippen molar-refractivity contribution >= 4 is 11.9 Å². The molecule has 18 heavy (non-hydrogen) atoms. The van der Waals surface area contributed by atoms with Gasteiger partial charge in [-0.15, -0.1) is 0 Å². The van der Waals surface area contributed by atoms with Crippen LogP contribution in [0, 0.1) is 0 Å². The first kappa shape index (κ1) is 14.0. The first-order chi connectivity index (χ1) is 8.56. The average molecular weight is 251 g/mol. The quantitative estimate of drug-likeness (QED) is 0.790. The molecular weight excluding hydrogens is 234 g/mol. The highest BCUT2D eigenvalue weighted by Crippen LogP contribution is 2.11. The lowest BCUT2D eigenvalue weighted by atomic mass is 10.1. The molecule has 1 unspecified atom stereocenters. The largest absolute Gasteiger partial charge is 0.497 e. The standard InChI is InChI=1S/C13H17NO4/c1-9(13(16)18-3)14-12(15)8-10-4-6-11(17-2)7-5-10/h4-7,9H,8H2,1-3H3,(H,14,15). The van der Waals surface area contributed by atoms with Gasteiger partial charge in [-0.25, -0.2) is 4.79 Å². The van der Waals surface area contributed by atoms with Crippen LogP contribution in [0.1, 0.15) is 12.5 Å². The van der Waals surface area contributed by atoms with Crippen molar-refractivity contribution in [2.45, 2.75) is 19.4 Å². The Labute approximate surface area is 106 Å². The second kappa shape index (κ2) is 6.64. The minimum absolute atomic E-state index is 0.214. The Bertz CT molecular complexity index is 414. The third kappa shape index (κ3) is 4.08. The van der Waals surface area contributed by atoms with Crippen molar-refractivity contribution < 1.29 is 19.1 Å². The summed E-state index contributed by atoms with van der Waals surface area (Å²) in [6, 6.07) is 6.54. The Kier molecular flexibility index (Phi) is 5.17. The highest BCUT2D eigenvalue weighted by molar-refractivity contribution is 5.85. The topological polar surface area (TPSA) is 64.6 Å². The molecule has 0 saturated heterocycles. The molecule has 1 aromatic carbocycles. The first-order valence-corrected chi connectivity index (χ1v) is 5.57. The van der Waals surface area contributed by atoms with Gasteiger partial charge in [-0.3, -0.25) is 4.79 Å². The van der Waals surface area contributed by atoms with Crippen LogP contribution in [0.3, 0.4) is 0 Å². The zero-order valence-electron chi connectivity index (χ0n) is 10.7. The molecule has 0 aliphatic rings. The van der Waals surface area contributed by atoms with E-state index in [2.05, 4.69) is 10.1 Å². The second-order valence-corrected chi connectivity index (χ2v) is 3.84. The van der Waals surface area contributed by atoms with Crippen molar-refractivity contribution in [3.63, 3.8) is 0 Å². The summed E-state index contributed by atoms with van der Waals surface area (Å²) in [5, 5.41) is 2.56. The Morgan fingerprint density at radius 2 is 1.83 bits per heavy atom. The fraction of sp³-hybridized carbons (Fsp3) is 0.385. The van der Waals surface area contributed by atoms with Gasteiger partial charge in [-0.2, -0.15) is 0 Å². The number of esters is 1. The molecule has 0 saturated carbocycles. The van der Waals surface area contributed by atoms with Gasteiger partial charge in [0.15, 0.2) is 0 Å². The molecule has 98 valence electrons. The van der Waals surface area contributed by atoms with Gasteiger partial charge in [0.1, 0.15) is 11.8 Å². The lowest BCUT2D eigenvalue weighted by molar-refractivity contribution is -0.144. The molecule has 0 aliphatic heterocycles. The van der Waals surface area contributed by atoms with Crippen molar-refractivity contribution in [1.29, 1.82) is 0 Å². The van der Waals surface area contributed by atoms with E-state index in [1.165, 1.54) is 7.11 Å². The predicted molar refractivity (Wildman–Crippen MR) is 66.3 cm³/mol. The Balaban J connectivity index is 2.51. The number of ether oxygens (including phenoxy) is 2. The van der Waals surface area contributed by atoms with E-state index in [1.807, 2.05) is 0 Å². The van der Waals surface area contributed by atoms with Crippen LogP contribution in [-0.2, 0) is 20.7 Å². The molecule has 1 N–H and O–H groups in total. The van der Waals surface area contributed by atoms with Gasteiger partial charge in [0, 0.05) is 0 Å². The van der Waals surface area contributed by atoms with E-state index >= 15 is 0 Å². The van der Waals surface area contributed by atoms with E-state index in [-0.39, 0.29) is 12.3 Å².